The van der Waals surface area contributed by atoms with Crippen LogP contribution in [-0.4, -0.2) is 44.7 Å². The second-order valence-electron chi connectivity index (χ2n) is 4.16. The van der Waals surface area contributed by atoms with Crippen molar-refractivity contribution in [3.05, 3.63) is 0 Å². The molecule has 0 heterocycles. The summed E-state index contributed by atoms with van der Waals surface area (Å²) in [4.78, 5) is 13.5. The van der Waals surface area contributed by atoms with Gasteiger partial charge in [0.1, 0.15) is 0 Å². The minimum absolute atomic E-state index is 0.0936. The van der Waals surface area contributed by atoms with E-state index < -0.39 is 5.41 Å². The van der Waals surface area contributed by atoms with Gasteiger partial charge in [-0.15, -0.1) is 0 Å². The van der Waals surface area contributed by atoms with Gasteiger partial charge >= 0.3 is 0 Å². The van der Waals surface area contributed by atoms with Crippen LogP contribution in [0.1, 0.15) is 20.3 Å². The first-order valence-corrected chi connectivity index (χ1v) is 4.90. The van der Waals surface area contributed by atoms with E-state index >= 15 is 0 Å². The van der Waals surface area contributed by atoms with Crippen LogP contribution in [-0.2, 0) is 9.53 Å². The van der Waals surface area contributed by atoms with Crippen molar-refractivity contribution in [1.29, 1.82) is 0 Å². The summed E-state index contributed by atoms with van der Waals surface area (Å²) in [5.41, 5.74) is 5.07. The maximum absolute atomic E-state index is 11.8. The van der Waals surface area contributed by atoms with E-state index in [1.807, 2.05) is 13.8 Å². The van der Waals surface area contributed by atoms with Gasteiger partial charge in [-0.2, -0.15) is 0 Å². The summed E-state index contributed by atoms with van der Waals surface area (Å²) in [6.07, 6.45) is 0.861. The molecule has 0 atom stereocenters. The van der Waals surface area contributed by atoms with Crippen LogP contribution in [0.15, 0.2) is 0 Å². The SMILES string of the molecule is COCCCN(C)C(=O)C(C)(C)CN. The van der Waals surface area contributed by atoms with Gasteiger partial charge < -0.3 is 15.4 Å². The summed E-state index contributed by atoms with van der Waals surface area (Å²) in [5, 5.41) is 0. The molecule has 4 nitrogen and oxygen atoms in total. The predicted molar refractivity (Wildman–Crippen MR) is 57.0 cm³/mol. The molecule has 0 aromatic heterocycles. The van der Waals surface area contributed by atoms with Crippen molar-refractivity contribution in [1.82, 2.24) is 4.90 Å². The average Bonchev–Trinajstić information content (AvgIpc) is 2.17. The molecule has 4 heteroatoms. The van der Waals surface area contributed by atoms with Gasteiger partial charge in [-0.05, 0) is 20.3 Å². The van der Waals surface area contributed by atoms with Crippen LogP contribution in [0.4, 0.5) is 0 Å². The topological polar surface area (TPSA) is 55.6 Å². The molecule has 0 rings (SSSR count). The van der Waals surface area contributed by atoms with Gasteiger partial charge in [0.25, 0.3) is 0 Å². The first-order valence-electron chi connectivity index (χ1n) is 4.90. The highest BCUT2D eigenvalue weighted by Crippen LogP contribution is 2.15. The maximum Gasteiger partial charge on any atom is 0.229 e. The largest absolute Gasteiger partial charge is 0.385 e. The molecule has 0 unspecified atom stereocenters. The number of carbonyl (C=O) groups excluding carboxylic acids is 1. The molecule has 1 amide bonds. The predicted octanol–water partition coefficient (Wildman–Crippen LogP) is 0.466. The lowest BCUT2D eigenvalue weighted by Gasteiger charge is -2.28. The fourth-order valence-corrected chi connectivity index (χ4v) is 1.15. The van der Waals surface area contributed by atoms with E-state index in [1.54, 1.807) is 19.1 Å². The lowest BCUT2D eigenvalue weighted by atomic mass is 9.92. The molecular formula is C10H22N2O2. The van der Waals surface area contributed by atoms with Crippen molar-refractivity contribution in [3.63, 3.8) is 0 Å². The summed E-state index contributed by atoms with van der Waals surface area (Å²) in [6.45, 7) is 5.50. The number of ether oxygens (including phenoxy) is 1. The molecule has 0 spiro atoms. The Morgan fingerprint density at radius 2 is 2.07 bits per heavy atom. The number of nitrogens with two attached hydrogens (primary N) is 1. The van der Waals surface area contributed by atoms with Crippen LogP contribution in [0.3, 0.4) is 0 Å². The number of hydrogen-bond acceptors (Lipinski definition) is 3. The Hall–Kier alpha value is -0.610. The molecule has 0 bridgehead atoms. The van der Waals surface area contributed by atoms with Crippen molar-refractivity contribution >= 4 is 5.91 Å². The molecule has 0 aliphatic carbocycles. The first kappa shape index (κ1) is 13.4. The van der Waals surface area contributed by atoms with E-state index in [-0.39, 0.29) is 5.91 Å². The Kier molecular flexibility index (Phi) is 5.72. The lowest BCUT2D eigenvalue weighted by molar-refractivity contribution is -0.138. The standard InChI is InChI=1S/C10H22N2O2/c1-10(2,8-11)9(13)12(3)6-5-7-14-4/h5-8,11H2,1-4H3. The molecule has 0 aromatic rings. The van der Waals surface area contributed by atoms with Crippen LogP contribution < -0.4 is 5.73 Å². The number of rotatable bonds is 6. The Balaban J connectivity index is 3.99. The van der Waals surface area contributed by atoms with Gasteiger partial charge in [-0.1, -0.05) is 0 Å². The monoisotopic (exact) mass is 202 g/mol. The summed E-state index contributed by atoms with van der Waals surface area (Å²) in [6, 6.07) is 0. The number of amides is 1. The van der Waals surface area contributed by atoms with Gasteiger partial charge in [0.2, 0.25) is 5.91 Å². The Bertz CT molecular complexity index is 181. The smallest absolute Gasteiger partial charge is 0.229 e. The van der Waals surface area contributed by atoms with Crippen LogP contribution in [0, 0.1) is 5.41 Å². The number of carbonyl (C=O) groups is 1. The molecule has 14 heavy (non-hydrogen) atoms. The van der Waals surface area contributed by atoms with Crippen molar-refractivity contribution in [2.45, 2.75) is 20.3 Å². The van der Waals surface area contributed by atoms with Gasteiger partial charge in [-0.3, -0.25) is 4.79 Å². The molecule has 0 aromatic carbocycles. The molecule has 0 aliphatic heterocycles. The summed E-state index contributed by atoms with van der Waals surface area (Å²) in [5.74, 6) is 0.0936. The minimum atomic E-state index is -0.457. The Morgan fingerprint density at radius 3 is 2.50 bits per heavy atom. The van der Waals surface area contributed by atoms with E-state index in [2.05, 4.69) is 0 Å². The highest BCUT2D eigenvalue weighted by Gasteiger charge is 2.28. The van der Waals surface area contributed by atoms with Gasteiger partial charge in [0.05, 0.1) is 5.41 Å². The third-order valence-corrected chi connectivity index (χ3v) is 2.28. The van der Waals surface area contributed by atoms with Crippen molar-refractivity contribution in [2.75, 3.05) is 33.9 Å². The van der Waals surface area contributed by atoms with E-state index in [1.165, 1.54) is 0 Å². The van der Waals surface area contributed by atoms with Crippen LogP contribution in [0.5, 0.6) is 0 Å². The molecule has 0 radical (unpaired) electrons. The Labute approximate surface area is 86.4 Å². The van der Waals surface area contributed by atoms with E-state index in [4.69, 9.17) is 10.5 Å². The summed E-state index contributed by atoms with van der Waals surface area (Å²) in [7, 11) is 3.46. The fraction of sp³-hybridized carbons (Fsp3) is 0.900. The Morgan fingerprint density at radius 1 is 1.50 bits per heavy atom. The van der Waals surface area contributed by atoms with Crippen molar-refractivity contribution < 1.29 is 9.53 Å². The highest BCUT2D eigenvalue weighted by molar-refractivity contribution is 5.81. The molecule has 0 aliphatic rings. The molecule has 84 valence electrons. The number of methoxy groups -OCH3 is 1. The van der Waals surface area contributed by atoms with Crippen LogP contribution in [0.2, 0.25) is 0 Å². The van der Waals surface area contributed by atoms with E-state index in [9.17, 15) is 4.79 Å². The van der Waals surface area contributed by atoms with Gasteiger partial charge in [0, 0.05) is 33.9 Å². The van der Waals surface area contributed by atoms with Gasteiger partial charge in [-0.25, -0.2) is 0 Å². The third-order valence-electron chi connectivity index (χ3n) is 2.28. The van der Waals surface area contributed by atoms with E-state index in [0.29, 0.717) is 13.2 Å². The van der Waals surface area contributed by atoms with Crippen molar-refractivity contribution in [2.24, 2.45) is 11.1 Å². The van der Waals surface area contributed by atoms with Crippen LogP contribution >= 0.6 is 0 Å². The number of hydrogen-bond donors (Lipinski definition) is 1. The lowest BCUT2D eigenvalue weighted by Crippen LogP contribution is -2.43. The van der Waals surface area contributed by atoms with Crippen LogP contribution in [0.25, 0.3) is 0 Å². The normalized spacial score (nSPS) is 11.5. The first-order chi connectivity index (χ1) is 6.45. The molecule has 0 saturated carbocycles. The quantitative estimate of drug-likeness (QED) is 0.637. The highest BCUT2D eigenvalue weighted by atomic mass is 16.5. The third kappa shape index (κ3) is 4.07. The summed E-state index contributed by atoms with van der Waals surface area (Å²) >= 11 is 0. The zero-order valence-corrected chi connectivity index (χ0v) is 9.67. The molecule has 0 fully saturated rings. The molecular weight excluding hydrogens is 180 g/mol. The molecule has 2 N–H and O–H groups in total. The average molecular weight is 202 g/mol. The fourth-order valence-electron chi connectivity index (χ4n) is 1.15. The van der Waals surface area contributed by atoms with E-state index in [0.717, 1.165) is 13.0 Å². The second-order valence-corrected chi connectivity index (χ2v) is 4.16. The maximum atomic E-state index is 11.8. The summed E-state index contributed by atoms with van der Waals surface area (Å²) < 4.78 is 4.92. The minimum Gasteiger partial charge on any atom is -0.385 e. The van der Waals surface area contributed by atoms with Gasteiger partial charge in [0.15, 0.2) is 0 Å². The van der Waals surface area contributed by atoms with Crippen molar-refractivity contribution in [3.8, 4) is 0 Å². The zero-order chi connectivity index (χ0) is 11.2. The zero-order valence-electron chi connectivity index (χ0n) is 9.67. The molecule has 0 saturated heterocycles. The number of nitrogens with zero attached hydrogens (tertiary/aromatic N) is 1. The second kappa shape index (κ2) is 5.98.